The number of nitrogens with one attached hydrogen (secondary N) is 1. The van der Waals surface area contributed by atoms with Gasteiger partial charge in [-0.3, -0.25) is 4.79 Å². The molecule has 0 saturated heterocycles. The van der Waals surface area contributed by atoms with Crippen molar-refractivity contribution >= 4 is 23.4 Å². The number of allylic oxidation sites excluding steroid dienone is 3. The van der Waals surface area contributed by atoms with Crippen LogP contribution in [0.1, 0.15) is 55.2 Å². The molecule has 31 heavy (non-hydrogen) atoms. The van der Waals surface area contributed by atoms with Crippen LogP contribution < -0.4 is 5.32 Å². The Kier molecular flexibility index (Phi) is 6.01. The molecule has 5 heteroatoms. The second-order valence-corrected chi connectivity index (χ2v) is 8.64. The van der Waals surface area contributed by atoms with Crippen LogP contribution in [0.4, 0.5) is 0 Å². The number of rotatable bonds is 4. The first-order valence-corrected chi connectivity index (χ1v) is 11.0. The van der Waals surface area contributed by atoms with Crippen molar-refractivity contribution in [1.82, 2.24) is 5.32 Å². The maximum atomic E-state index is 13.5. The molecule has 1 aliphatic carbocycles. The fourth-order valence-corrected chi connectivity index (χ4v) is 4.71. The van der Waals surface area contributed by atoms with Crippen LogP contribution in [0.15, 0.2) is 71.1 Å². The van der Waals surface area contributed by atoms with Crippen LogP contribution in [0.2, 0.25) is 5.02 Å². The topological polar surface area (TPSA) is 55.4 Å². The van der Waals surface area contributed by atoms with Gasteiger partial charge in [0.05, 0.1) is 12.2 Å². The number of benzene rings is 2. The number of ketones is 1. The number of aryl methyl sites for hydroxylation is 1. The van der Waals surface area contributed by atoms with Crippen LogP contribution in [0.25, 0.3) is 0 Å². The summed E-state index contributed by atoms with van der Waals surface area (Å²) < 4.78 is 5.36. The average Bonchev–Trinajstić information content (AvgIpc) is 2.74. The Morgan fingerprint density at radius 1 is 1.03 bits per heavy atom. The van der Waals surface area contributed by atoms with E-state index in [0.717, 1.165) is 28.1 Å². The number of hydrogen-bond donors (Lipinski definition) is 1. The lowest BCUT2D eigenvalue weighted by Crippen LogP contribution is -2.36. The summed E-state index contributed by atoms with van der Waals surface area (Å²) in [7, 11) is 0. The van der Waals surface area contributed by atoms with Gasteiger partial charge in [0.2, 0.25) is 0 Å². The van der Waals surface area contributed by atoms with Gasteiger partial charge in [0.25, 0.3) is 0 Å². The monoisotopic (exact) mass is 435 g/mol. The Morgan fingerprint density at radius 3 is 2.32 bits per heavy atom. The van der Waals surface area contributed by atoms with Gasteiger partial charge >= 0.3 is 5.97 Å². The molecule has 0 fully saturated rings. The van der Waals surface area contributed by atoms with E-state index in [2.05, 4.69) is 5.32 Å². The zero-order valence-electron chi connectivity index (χ0n) is 18.0. The predicted molar refractivity (Wildman–Crippen MR) is 122 cm³/mol. The maximum absolute atomic E-state index is 13.5. The highest BCUT2D eigenvalue weighted by molar-refractivity contribution is 6.30. The summed E-state index contributed by atoms with van der Waals surface area (Å²) in [5, 5.41) is 4.05. The lowest BCUT2D eigenvalue weighted by Gasteiger charge is -2.36. The van der Waals surface area contributed by atoms with E-state index >= 15 is 0 Å². The smallest absolute Gasteiger partial charge is 0.336 e. The third kappa shape index (κ3) is 4.17. The molecule has 1 heterocycles. The van der Waals surface area contributed by atoms with E-state index in [1.54, 1.807) is 6.92 Å². The second-order valence-electron chi connectivity index (χ2n) is 8.20. The van der Waals surface area contributed by atoms with Crippen LogP contribution >= 0.6 is 11.6 Å². The lowest BCUT2D eigenvalue weighted by atomic mass is 9.71. The summed E-state index contributed by atoms with van der Waals surface area (Å²) in [4.78, 5) is 26.4. The second kappa shape index (κ2) is 8.72. The van der Waals surface area contributed by atoms with Crippen LogP contribution in [0, 0.1) is 6.92 Å². The Bertz CT molecular complexity index is 1080. The number of carbonyl (C=O) groups excluding carboxylic acids is 2. The summed E-state index contributed by atoms with van der Waals surface area (Å²) in [5.74, 6) is -0.660. The molecule has 160 valence electrons. The fourth-order valence-electron chi connectivity index (χ4n) is 4.58. The van der Waals surface area contributed by atoms with E-state index in [9.17, 15) is 9.59 Å². The van der Waals surface area contributed by atoms with Gasteiger partial charge in [0.15, 0.2) is 5.78 Å². The third-order valence-electron chi connectivity index (χ3n) is 6.08. The standard InChI is InChI=1S/C26H26ClNO3/c1-4-31-26(30)23-16(3)28-21-13-19(17-9-11-20(27)12-10-17)14-22(29)25(21)24(23)18-7-5-15(2)6-8-18/h5-12,19,24,28H,4,13-14H2,1-3H3/t19-,24+/m0/s1. The van der Waals surface area contributed by atoms with Gasteiger partial charge in [-0.15, -0.1) is 0 Å². The summed E-state index contributed by atoms with van der Waals surface area (Å²) in [6.07, 6.45) is 1.11. The molecular weight excluding hydrogens is 410 g/mol. The number of carbonyl (C=O) groups is 2. The third-order valence-corrected chi connectivity index (χ3v) is 6.33. The van der Waals surface area contributed by atoms with Crippen LogP contribution in [0.3, 0.4) is 0 Å². The van der Waals surface area contributed by atoms with Crippen molar-refractivity contribution in [3.63, 3.8) is 0 Å². The Labute approximate surface area is 187 Å². The molecule has 1 aliphatic heterocycles. The minimum atomic E-state index is -0.422. The molecule has 2 aromatic carbocycles. The molecular formula is C26H26ClNO3. The average molecular weight is 436 g/mol. The van der Waals surface area contributed by atoms with Gasteiger partial charge in [-0.05, 0) is 56.4 Å². The van der Waals surface area contributed by atoms with E-state index in [4.69, 9.17) is 16.3 Å². The summed E-state index contributed by atoms with van der Waals surface area (Å²) in [6, 6.07) is 15.7. The Balaban J connectivity index is 1.78. The highest BCUT2D eigenvalue weighted by atomic mass is 35.5. The molecule has 2 atom stereocenters. The van der Waals surface area contributed by atoms with Gasteiger partial charge in [0, 0.05) is 34.3 Å². The largest absolute Gasteiger partial charge is 0.463 e. The van der Waals surface area contributed by atoms with Gasteiger partial charge in [-0.2, -0.15) is 0 Å². The van der Waals surface area contributed by atoms with Crippen molar-refractivity contribution in [2.24, 2.45) is 0 Å². The van der Waals surface area contributed by atoms with Gasteiger partial charge in [-0.1, -0.05) is 53.6 Å². The quantitative estimate of drug-likeness (QED) is 0.637. The minimum absolute atomic E-state index is 0.0635. The van der Waals surface area contributed by atoms with Crippen LogP contribution in [0.5, 0.6) is 0 Å². The minimum Gasteiger partial charge on any atom is -0.463 e. The molecule has 4 rings (SSSR count). The SMILES string of the molecule is CCOC(=O)C1=C(C)NC2=C(C(=O)C[C@@H](c3ccc(Cl)cc3)C2)[C@@H]1c1ccc(C)cc1. The molecule has 2 aromatic rings. The summed E-state index contributed by atoms with van der Waals surface area (Å²) in [6.45, 7) is 5.98. The number of Topliss-reactive ketones (excluding diaryl/α,β-unsaturated/α-hetero) is 1. The number of esters is 1. The zero-order chi connectivity index (χ0) is 22.1. The molecule has 0 spiro atoms. The molecule has 0 amide bonds. The zero-order valence-corrected chi connectivity index (χ0v) is 18.8. The van der Waals surface area contributed by atoms with Crippen molar-refractivity contribution in [2.75, 3.05) is 6.61 Å². The molecule has 4 nitrogen and oxygen atoms in total. The first-order valence-electron chi connectivity index (χ1n) is 10.6. The number of dihydropyridines is 1. The van der Waals surface area contributed by atoms with Crippen molar-refractivity contribution < 1.29 is 14.3 Å². The first kappa shape index (κ1) is 21.4. The maximum Gasteiger partial charge on any atom is 0.336 e. The van der Waals surface area contributed by atoms with Crippen LogP contribution in [-0.2, 0) is 14.3 Å². The van der Waals surface area contributed by atoms with Crippen molar-refractivity contribution in [1.29, 1.82) is 0 Å². The highest BCUT2D eigenvalue weighted by Crippen LogP contribution is 2.45. The van der Waals surface area contributed by atoms with Crippen LogP contribution in [-0.4, -0.2) is 18.4 Å². The molecule has 0 bridgehead atoms. The lowest BCUT2D eigenvalue weighted by molar-refractivity contribution is -0.138. The predicted octanol–water partition coefficient (Wildman–Crippen LogP) is 5.57. The van der Waals surface area contributed by atoms with E-state index in [1.807, 2.05) is 62.4 Å². The highest BCUT2D eigenvalue weighted by Gasteiger charge is 2.41. The van der Waals surface area contributed by atoms with E-state index < -0.39 is 5.92 Å². The van der Waals surface area contributed by atoms with E-state index in [1.165, 1.54) is 0 Å². The van der Waals surface area contributed by atoms with Gasteiger partial charge < -0.3 is 10.1 Å². The van der Waals surface area contributed by atoms with E-state index in [0.29, 0.717) is 29.0 Å². The molecule has 1 N–H and O–H groups in total. The first-order chi connectivity index (χ1) is 14.9. The molecule has 0 aromatic heterocycles. The van der Waals surface area contributed by atoms with Gasteiger partial charge in [-0.25, -0.2) is 4.79 Å². The summed E-state index contributed by atoms with van der Waals surface area (Å²) in [5.41, 5.74) is 5.99. The molecule has 0 radical (unpaired) electrons. The van der Waals surface area contributed by atoms with Crippen molar-refractivity contribution in [3.05, 3.63) is 92.8 Å². The molecule has 0 unspecified atom stereocenters. The van der Waals surface area contributed by atoms with Gasteiger partial charge in [0.1, 0.15) is 0 Å². The normalized spacial score (nSPS) is 21.0. The molecule has 2 aliphatic rings. The van der Waals surface area contributed by atoms with Crippen molar-refractivity contribution in [2.45, 2.75) is 45.4 Å². The number of ether oxygens (including phenoxy) is 1. The number of halogens is 1. The summed E-state index contributed by atoms with van der Waals surface area (Å²) >= 11 is 6.04. The Morgan fingerprint density at radius 2 is 1.68 bits per heavy atom. The van der Waals surface area contributed by atoms with E-state index in [-0.39, 0.29) is 24.3 Å². The fraction of sp³-hybridized carbons (Fsp3) is 0.308. The van der Waals surface area contributed by atoms with Crippen molar-refractivity contribution in [3.8, 4) is 0 Å². The Hall–Kier alpha value is -2.85. The molecule has 0 saturated carbocycles. The number of hydrogen-bond acceptors (Lipinski definition) is 4.